The van der Waals surface area contributed by atoms with Gasteiger partial charge in [0.05, 0.1) is 18.5 Å². The first-order valence-electron chi connectivity index (χ1n) is 20.6. The molecule has 5 amide bonds. The van der Waals surface area contributed by atoms with Crippen LogP contribution in [0.5, 0.6) is 0 Å². The minimum atomic E-state index is -1.01. The van der Waals surface area contributed by atoms with Crippen molar-refractivity contribution in [2.24, 2.45) is 10.9 Å². The number of aromatic amines is 1. The molecule has 3 aliphatic rings. The molecule has 0 unspecified atom stereocenters. The molecule has 2 aromatic rings. The van der Waals surface area contributed by atoms with Crippen molar-refractivity contribution in [1.29, 1.82) is 0 Å². The van der Waals surface area contributed by atoms with Crippen molar-refractivity contribution >= 4 is 51.8 Å². The largest absolute Gasteiger partial charge is 0.444 e. The summed E-state index contributed by atoms with van der Waals surface area (Å²) in [6, 6.07) is 6.40. The molecule has 6 N–H and O–H groups in total. The number of carbonyl (C=O) groups is 4. The van der Waals surface area contributed by atoms with Crippen molar-refractivity contribution in [2.45, 2.75) is 134 Å². The predicted octanol–water partition coefficient (Wildman–Crippen LogP) is 5.18. The highest BCUT2D eigenvalue weighted by atomic mass is 32.2. The molecule has 16 heteroatoms. The van der Waals surface area contributed by atoms with Crippen LogP contribution >= 0.6 is 23.5 Å². The Balaban J connectivity index is 1.26. The fourth-order valence-corrected chi connectivity index (χ4v) is 9.65. The van der Waals surface area contributed by atoms with E-state index in [1.165, 1.54) is 12.7 Å². The molecule has 1 aromatic heterocycles. The van der Waals surface area contributed by atoms with Crippen LogP contribution in [0.4, 0.5) is 9.59 Å². The summed E-state index contributed by atoms with van der Waals surface area (Å²) in [4.78, 5) is 68.0. The number of urea groups is 1. The summed E-state index contributed by atoms with van der Waals surface area (Å²) in [7, 11) is 0. The summed E-state index contributed by atoms with van der Waals surface area (Å²) in [5, 5.41) is 23.5. The van der Waals surface area contributed by atoms with E-state index in [-0.39, 0.29) is 18.9 Å². The lowest BCUT2D eigenvalue weighted by Gasteiger charge is -2.34. The molecule has 0 spiro atoms. The summed E-state index contributed by atoms with van der Waals surface area (Å²) in [6.45, 7) is 7.03. The first kappa shape index (κ1) is 44.3. The summed E-state index contributed by atoms with van der Waals surface area (Å²) in [5.41, 5.74) is 0.894. The molecule has 1 aromatic carbocycles. The van der Waals surface area contributed by atoms with Crippen LogP contribution < -0.4 is 21.3 Å². The molecule has 1 saturated carbocycles. The molecule has 1 saturated heterocycles. The molecule has 2 fully saturated rings. The number of carbonyl (C=O) groups excluding carboxylic acids is 4. The Morgan fingerprint density at radius 2 is 1.68 bits per heavy atom. The number of likely N-dealkylation sites (tertiary alicyclic amines) is 1. The van der Waals surface area contributed by atoms with Crippen molar-refractivity contribution in [3.63, 3.8) is 0 Å². The Labute approximate surface area is 345 Å². The molecule has 5 rings (SSSR count). The Morgan fingerprint density at radius 3 is 2.35 bits per heavy atom. The van der Waals surface area contributed by atoms with E-state index >= 15 is 0 Å². The first-order chi connectivity index (χ1) is 27.4. The zero-order valence-corrected chi connectivity index (χ0v) is 35.3. The molecular weight excluding hydrogens is 765 g/mol. The number of thioether (sulfide) groups is 2. The number of piperidine rings is 1. The van der Waals surface area contributed by atoms with Gasteiger partial charge in [-0.15, -0.1) is 0 Å². The van der Waals surface area contributed by atoms with Gasteiger partial charge >= 0.3 is 12.1 Å². The Morgan fingerprint density at radius 1 is 0.965 bits per heavy atom. The number of amides is 5. The molecule has 0 radical (unpaired) electrons. The number of H-pyrrole nitrogens is 1. The second-order valence-corrected chi connectivity index (χ2v) is 18.8. The van der Waals surface area contributed by atoms with E-state index in [2.05, 4.69) is 36.2 Å². The molecule has 0 bridgehead atoms. The lowest BCUT2D eigenvalue weighted by atomic mass is 9.83. The summed E-state index contributed by atoms with van der Waals surface area (Å²) >= 11 is 3.42. The Bertz CT molecular complexity index is 1590. The van der Waals surface area contributed by atoms with Gasteiger partial charge in [-0.05, 0) is 64.4 Å². The number of rotatable bonds is 16. The number of ether oxygens (including phenoxy) is 1. The van der Waals surface area contributed by atoms with Crippen LogP contribution in [0.2, 0.25) is 0 Å². The second-order valence-electron chi connectivity index (χ2n) is 16.4. The number of nitrogens with zero attached hydrogens (tertiary/aromatic N) is 3. The van der Waals surface area contributed by atoms with Crippen molar-refractivity contribution in [1.82, 2.24) is 36.1 Å². The van der Waals surface area contributed by atoms with Crippen molar-refractivity contribution < 1.29 is 29.0 Å². The molecule has 57 heavy (non-hydrogen) atoms. The SMILES string of the molecule is CC(C)(C)OC(=O)NC1CCN(C(=O)N[C@@H](Cc2ccccc2)C(=O)N[C@@H](Cc2cnc[nH]2)C(=O)N[C@@H](CC2CCCCC2)[C@@H](O)CCSC2=NCCCS2)CC1. The minimum Gasteiger partial charge on any atom is -0.444 e. The zero-order chi connectivity index (χ0) is 40.6. The summed E-state index contributed by atoms with van der Waals surface area (Å²) in [6.07, 6.45) is 11.2. The highest BCUT2D eigenvalue weighted by Crippen LogP contribution is 2.29. The fourth-order valence-electron chi connectivity index (χ4n) is 7.47. The monoisotopic (exact) mass is 826 g/mol. The smallest absolute Gasteiger partial charge is 0.407 e. The summed E-state index contributed by atoms with van der Waals surface area (Å²) in [5.74, 6) is 1.25. The molecule has 4 atom stereocenters. The number of hydrogen-bond donors (Lipinski definition) is 6. The van der Waals surface area contributed by atoms with Gasteiger partial charge in [0.25, 0.3) is 0 Å². The van der Waals surface area contributed by atoms with Crippen LogP contribution in [0.25, 0.3) is 0 Å². The lowest BCUT2D eigenvalue weighted by Crippen LogP contribution is -2.59. The van der Waals surface area contributed by atoms with E-state index in [1.54, 1.807) is 34.6 Å². The van der Waals surface area contributed by atoms with Crippen LogP contribution in [0.1, 0.15) is 96.2 Å². The third kappa shape index (κ3) is 15.5. The van der Waals surface area contributed by atoms with E-state index in [0.717, 1.165) is 54.3 Å². The van der Waals surface area contributed by atoms with Gasteiger partial charge in [-0.2, -0.15) is 0 Å². The van der Waals surface area contributed by atoms with E-state index in [4.69, 9.17) is 4.74 Å². The van der Waals surface area contributed by atoms with Gasteiger partial charge in [0.15, 0.2) is 0 Å². The molecule has 1 aliphatic carbocycles. The minimum absolute atomic E-state index is 0.140. The lowest BCUT2D eigenvalue weighted by molar-refractivity contribution is -0.130. The highest BCUT2D eigenvalue weighted by Gasteiger charge is 2.33. The molecular formula is C41H62N8O6S2. The predicted molar refractivity (Wildman–Crippen MR) is 226 cm³/mol. The van der Waals surface area contributed by atoms with Crippen LogP contribution in [-0.2, 0) is 27.2 Å². The van der Waals surface area contributed by atoms with E-state index in [1.807, 2.05) is 51.1 Å². The van der Waals surface area contributed by atoms with Crippen molar-refractivity contribution in [3.8, 4) is 0 Å². The van der Waals surface area contributed by atoms with E-state index in [0.29, 0.717) is 56.1 Å². The third-order valence-corrected chi connectivity index (χ3v) is 12.9. The van der Waals surface area contributed by atoms with Gasteiger partial charge in [0.2, 0.25) is 11.8 Å². The van der Waals surface area contributed by atoms with Gasteiger partial charge in [0.1, 0.15) is 22.1 Å². The normalized spacial score (nSPS) is 19.0. The molecule has 314 valence electrons. The number of benzene rings is 1. The van der Waals surface area contributed by atoms with Crippen LogP contribution in [0.15, 0.2) is 47.8 Å². The number of aliphatic hydroxyl groups excluding tert-OH is 1. The fraction of sp³-hybridized carbons (Fsp3) is 0.659. The van der Waals surface area contributed by atoms with Crippen LogP contribution in [-0.4, -0.2) is 115 Å². The number of aliphatic imine (C=N–C) groups is 1. The van der Waals surface area contributed by atoms with E-state index in [9.17, 15) is 24.3 Å². The quantitative estimate of drug-likeness (QED) is 0.133. The van der Waals surface area contributed by atoms with Crippen molar-refractivity contribution in [2.75, 3.05) is 31.1 Å². The summed E-state index contributed by atoms with van der Waals surface area (Å²) < 4.78 is 6.45. The van der Waals surface area contributed by atoms with Gasteiger partial charge < -0.3 is 41.0 Å². The molecule has 3 heterocycles. The number of alkyl carbamates (subject to hydrolysis) is 1. The Kier molecular flexibility index (Phi) is 17.4. The maximum Gasteiger partial charge on any atom is 0.407 e. The molecule has 14 nitrogen and oxygen atoms in total. The molecule has 2 aliphatic heterocycles. The number of nitrogens with one attached hydrogen (secondary N) is 5. The van der Waals surface area contributed by atoms with E-state index < -0.39 is 53.8 Å². The average Bonchev–Trinajstić information content (AvgIpc) is 3.71. The maximum atomic E-state index is 14.3. The van der Waals surface area contributed by atoms with Gasteiger partial charge in [-0.25, -0.2) is 14.6 Å². The number of aromatic nitrogens is 2. The Hall–Kier alpha value is -3.76. The second kappa shape index (κ2) is 22.4. The zero-order valence-electron chi connectivity index (χ0n) is 33.7. The van der Waals surface area contributed by atoms with Crippen LogP contribution in [0.3, 0.4) is 0 Å². The number of imidazole rings is 1. The number of aliphatic hydroxyl groups is 1. The van der Waals surface area contributed by atoms with Gasteiger partial charge in [0, 0.05) is 61.9 Å². The number of hydrogen-bond acceptors (Lipinski definition) is 10. The first-order valence-corrected chi connectivity index (χ1v) is 22.5. The standard InChI is InChI=1S/C41H62N8O6S2/c1-41(2,3)55-39(54)45-30-15-19-49(20-16-30)38(53)48-33(24-29-13-8-5-9-14-29)36(51)47-34(25-31-26-42-27-44-31)37(52)46-32(23-28-11-6-4-7-12-28)35(50)17-22-57-40-43-18-10-21-56-40/h5,8-9,13-14,26-28,30,32-35,50H,4,6-7,10-12,15-25H2,1-3H3,(H,42,44)(H,45,54)(H,46,52)(H,47,51)(H,48,53)/t32-,33-,34-,35-/m0/s1. The van der Waals surface area contributed by atoms with Crippen molar-refractivity contribution in [3.05, 3.63) is 54.1 Å². The van der Waals surface area contributed by atoms with Gasteiger partial charge in [-0.3, -0.25) is 14.6 Å². The van der Waals surface area contributed by atoms with Crippen LogP contribution in [0, 0.1) is 5.92 Å². The maximum absolute atomic E-state index is 14.3. The highest BCUT2D eigenvalue weighted by molar-refractivity contribution is 8.38. The average molecular weight is 827 g/mol. The topological polar surface area (TPSA) is 190 Å². The van der Waals surface area contributed by atoms with Gasteiger partial charge in [-0.1, -0.05) is 86.0 Å². The third-order valence-electron chi connectivity index (χ3n) is 10.5.